The van der Waals surface area contributed by atoms with E-state index in [1.807, 2.05) is 4.90 Å². The van der Waals surface area contributed by atoms with Gasteiger partial charge in [0.25, 0.3) is 0 Å². The Kier molecular flexibility index (Phi) is 7.68. The van der Waals surface area contributed by atoms with Crippen molar-refractivity contribution >= 4 is 11.7 Å². The molecule has 1 saturated heterocycles. The maximum Gasteiger partial charge on any atom is 0.222 e. The van der Waals surface area contributed by atoms with Crippen LogP contribution in [-0.4, -0.2) is 53.6 Å². The molecule has 1 amide bonds. The summed E-state index contributed by atoms with van der Waals surface area (Å²) >= 11 is 0. The van der Waals surface area contributed by atoms with Gasteiger partial charge in [-0.1, -0.05) is 32.6 Å². The molecule has 3 heterocycles. The molecule has 7 heteroatoms. The SMILES string of the molecule is CCCCCCCC(=O)N1CCc2nc(-c3ccc(F)cc3)nc(N3CCOCC3)c2C1. The van der Waals surface area contributed by atoms with Crippen LogP contribution in [0.4, 0.5) is 10.2 Å². The largest absolute Gasteiger partial charge is 0.378 e. The lowest BCUT2D eigenvalue weighted by Gasteiger charge is -2.34. The summed E-state index contributed by atoms with van der Waals surface area (Å²) in [7, 11) is 0. The number of rotatable bonds is 8. The maximum atomic E-state index is 13.4. The number of ether oxygens (including phenoxy) is 1. The van der Waals surface area contributed by atoms with Gasteiger partial charge in [-0.25, -0.2) is 14.4 Å². The van der Waals surface area contributed by atoms with Crippen molar-refractivity contribution in [3.63, 3.8) is 0 Å². The zero-order valence-electron chi connectivity index (χ0n) is 19.0. The molecule has 0 bridgehead atoms. The smallest absolute Gasteiger partial charge is 0.222 e. The van der Waals surface area contributed by atoms with Crippen LogP contribution in [0.3, 0.4) is 0 Å². The van der Waals surface area contributed by atoms with Gasteiger partial charge in [-0.05, 0) is 30.7 Å². The Hall–Kier alpha value is -2.54. The monoisotopic (exact) mass is 440 g/mol. The lowest BCUT2D eigenvalue weighted by molar-refractivity contribution is -0.132. The van der Waals surface area contributed by atoms with Gasteiger partial charge in [0.2, 0.25) is 5.91 Å². The van der Waals surface area contributed by atoms with Crippen LogP contribution >= 0.6 is 0 Å². The van der Waals surface area contributed by atoms with Gasteiger partial charge in [0.05, 0.1) is 25.5 Å². The minimum atomic E-state index is -0.274. The van der Waals surface area contributed by atoms with Gasteiger partial charge in [0.1, 0.15) is 11.6 Å². The standard InChI is InChI=1S/C25H33FN4O2/c1-2-3-4-5-6-7-23(31)30-13-12-22-21(18-30)25(29-14-16-32-17-15-29)28-24(27-22)19-8-10-20(26)11-9-19/h8-11H,2-7,12-18H2,1H3. The van der Waals surface area contributed by atoms with Crippen LogP contribution in [0.1, 0.15) is 56.7 Å². The second-order valence-electron chi connectivity index (χ2n) is 8.63. The predicted molar refractivity (Wildman–Crippen MR) is 123 cm³/mol. The van der Waals surface area contributed by atoms with Crippen molar-refractivity contribution < 1.29 is 13.9 Å². The highest BCUT2D eigenvalue weighted by Crippen LogP contribution is 2.30. The van der Waals surface area contributed by atoms with Crippen LogP contribution < -0.4 is 4.90 Å². The first kappa shape index (κ1) is 22.6. The molecule has 1 aromatic carbocycles. The van der Waals surface area contributed by atoms with Crippen molar-refractivity contribution in [2.45, 2.75) is 58.4 Å². The zero-order chi connectivity index (χ0) is 22.3. The fourth-order valence-corrected chi connectivity index (χ4v) is 4.41. The number of hydrogen-bond donors (Lipinski definition) is 0. The summed E-state index contributed by atoms with van der Waals surface area (Å²) in [6.07, 6.45) is 7.05. The van der Waals surface area contributed by atoms with Crippen molar-refractivity contribution in [1.82, 2.24) is 14.9 Å². The van der Waals surface area contributed by atoms with Crippen LogP contribution in [-0.2, 0) is 22.5 Å². The number of fused-ring (bicyclic) bond motifs is 1. The Morgan fingerprint density at radius 3 is 2.53 bits per heavy atom. The average molecular weight is 441 g/mol. The fraction of sp³-hybridized carbons (Fsp3) is 0.560. The second kappa shape index (κ2) is 10.9. The molecule has 0 atom stereocenters. The predicted octanol–water partition coefficient (Wildman–Crippen LogP) is 4.36. The van der Waals surface area contributed by atoms with Gasteiger partial charge < -0.3 is 14.5 Å². The third kappa shape index (κ3) is 5.44. The summed E-state index contributed by atoms with van der Waals surface area (Å²) in [6, 6.07) is 6.32. The van der Waals surface area contributed by atoms with Crippen LogP contribution in [0.15, 0.2) is 24.3 Å². The molecule has 0 N–H and O–H groups in total. The van der Waals surface area contributed by atoms with Crippen molar-refractivity contribution in [3.05, 3.63) is 41.3 Å². The Bertz CT molecular complexity index is 913. The number of morpholine rings is 1. The Balaban J connectivity index is 1.55. The van der Waals surface area contributed by atoms with E-state index in [1.165, 1.54) is 31.4 Å². The summed E-state index contributed by atoms with van der Waals surface area (Å²) in [5, 5.41) is 0. The number of aromatic nitrogens is 2. The minimum Gasteiger partial charge on any atom is -0.378 e. The Morgan fingerprint density at radius 2 is 1.78 bits per heavy atom. The number of amides is 1. The number of benzene rings is 1. The summed E-state index contributed by atoms with van der Waals surface area (Å²) < 4.78 is 18.9. The Morgan fingerprint density at radius 1 is 1.03 bits per heavy atom. The molecule has 172 valence electrons. The summed E-state index contributed by atoms with van der Waals surface area (Å²) in [5.74, 6) is 1.45. The summed E-state index contributed by atoms with van der Waals surface area (Å²) in [4.78, 5) is 26.8. The van der Waals surface area contributed by atoms with Crippen molar-refractivity contribution in [3.8, 4) is 11.4 Å². The number of carbonyl (C=O) groups excluding carboxylic acids is 1. The highest BCUT2D eigenvalue weighted by molar-refractivity contribution is 5.77. The first-order valence-electron chi connectivity index (χ1n) is 11.9. The van der Waals surface area contributed by atoms with E-state index in [0.717, 1.165) is 48.6 Å². The Labute approximate surface area is 189 Å². The van der Waals surface area contributed by atoms with E-state index < -0.39 is 0 Å². The van der Waals surface area contributed by atoms with Crippen molar-refractivity contribution in [2.75, 3.05) is 37.7 Å². The maximum absolute atomic E-state index is 13.4. The molecule has 4 rings (SSSR count). The number of hydrogen-bond acceptors (Lipinski definition) is 5. The molecule has 0 radical (unpaired) electrons. The molecule has 1 aromatic heterocycles. The van der Waals surface area contributed by atoms with E-state index >= 15 is 0 Å². The molecule has 2 aliphatic heterocycles. The van der Waals surface area contributed by atoms with E-state index in [4.69, 9.17) is 14.7 Å². The molecule has 6 nitrogen and oxygen atoms in total. The number of anilines is 1. The van der Waals surface area contributed by atoms with Gasteiger partial charge in [-0.3, -0.25) is 4.79 Å². The van der Waals surface area contributed by atoms with Crippen LogP contribution in [0, 0.1) is 5.82 Å². The minimum absolute atomic E-state index is 0.225. The fourth-order valence-electron chi connectivity index (χ4n) is 4.41. The van der Waals surface area contributed by atoms with E-state index in [0.29, 0.717) is 45.0 Å². The molecular weight excluding hydrogens is 407 g/mol. The highest BCUT2D eigenvalue weighted by atomic mass is 19.1. The van der Waals surface area contributed by atoms with Crippen LogP contribution in [0.2, 0.25) is 0 Å². The first-order valence-corrected chi connectivity index (χ1v) is 11.9. The molecule has 2 aliphatic rings. The molecule has 0 unspecified atom stereocenters. The summed E-state index contributed by atoms with van der Waals surface area (Å²) in [6.45, 7) is 6.28. The van der Waals surface area contributed by atoms with Gasteiger partial charge in [-0.15, -0.1) is 0 Å². The second-order valence-corrected chi connectivity index (χ2v) is 8.63. The molecule has 0 spiro atoms. The van der Waals surface area contributed by atoms with E-state index in [-0.39, 0.29) is 11.7 Å². The molecule has 1 fully saturated rings. The van der Waals surface area contributed by atoms with Gasteiger partial charge >= 0.3 is 0 Å². The van der Waals surface area contributed by atoms with Crippen LogP contribution in [0.25, 0.3) is 11.4 Å². The number of carbonyl (C=O) groups is 1. The average Bonchev–Trinajstić information content (AvgIpc) is 2.84. The van der Waals surface area contributed by atoms with E-state index in [9.17, 15) is 9.18 Å². The normalized spacial score (nSPS) is 16.2. The number of halogens is 1. The van der Waals surface area contributed by atoms with Crippen LogP contribution in [0.5, 0.6) is 0 Å². The number of unbranched alkanes of at least 4 members (excludes halogenated alkanes) is 4. The van der Waals surface area contributed by atoms with Crippen molar-refractivity contribution in [2.24, 2.45) is 0 Å². The van der Waals surface area contributed by atoms with Crippen molar-refractivity contribution in [1.29, 1.82) is 0 Å². The molecular formula is C25H33FN4O2. The molecule has 32 heavy (non-hydrogen) atoms. The molecule has 2 aromatic rings. The first-order chi connectivity index (χ1) is 15.7. The molecule has 0 saturated carbocycles. The van der Waals surface area contributed by atoms with E-state index in [1.54, 1.807) is 12.1 Å². The quantitative estimate of drug-likeness (QED) is 0.571. The summed E-state index contributed by atoms with van der Waals surface area (Å²) in [5.41, 5.74) is 2.84. The molecule has 0 aliphatic carbocycles. The lowest BCUT2D eigenvalue weighted by Crippen LogP contribution is -2.41. The number of nitrogens with zero attached hydrogens (tertiary/aromatic N) is 4. The third-order valence-electron chi connectivity index (χ3n) is 6.30. The lowest BCUT2D eigenvalue weighted by atomic mass is 10.0. The van der Waals surface area contributed by atoms with Gasteiger partial charge in [-0.2, -0.15) is 0 Å². The zero-order valence-corrected chi connectivity index (χ0v) is 19.0. The van der Waals surface area contributed by atoms with Gasteiger partial charge in [0, 0.05) is 43.6 Å². The topological polar surface area (TPSA) is 58.6 Å². The highest BCUT2D eigenvalue weighted by Gasteiger charge is 2.28. The third-order valence-corrected chi connectivity index (χ3v) is 6.30. The van der Waals surface area contributed by atoms with E-state index in [2.05, 4.69) is 11.8 Å². The van der Waals surface area contributed by atoms with Gasteiger partial charge in [0.15, 0.2) is 5.82 Å².